The number of rotatable bonds is 5. The minimum absolute atomic E-state index is 0.161. The molecule has 130 valence electrons. The van der Waals surface area contributed by atoms with Gasteiger partial charge in [-0.25, -0.2) is 4.98 Å². The molecule has 0 amide bonds. The summed E-state index contributed by atoms with van der Waals surface area (Å²) in [4.78, 5) is 20.2. The second-order valence-corrected chi connectivity index (χ2v) is 6.90. The van der Waals surface area contributed by atoms with Crippen molar-refractivity contribution in [2.75, 3.05) is 0 Å². The van der Waals surface area contributed by atoms with Crippen LogP contribution in [0.15, 0.2) is 64.8 Å². The highest BCUT2D eigenvalue weighted by molar-refractivity contribution is 7.17. The molecule has 0 atom stereocenters. The smallest absolute Gasteiger partial charge is 0.260 e. The number of hydrogen-bond acceptors (Lipinski definition) is 4. The van der Waals surface area contributed by atoms with Crippen molar-refractivity contribution < 1.29 is 4.74 Å². The SMILES string of the molecule is O=c1[nH]c(CCl)nc2scc(-c3ccc(OCc4ccccc4)cc3)c12. The van der Waals surface area contributed by atoms with Crippen molar-refractivity contribution in [3.8, 4) is 16.9 Å². The fourth-order valence-electron chi connectivity index (χ4n) is 2.74. The zero-order chi connectivity index (χ0) is 17.9. The summed E-state index contributed by atoms with van der Waals surface area (Å²) in [5, 5.41) is 2.55. The third kappa shape index (κ3) is 3.36. The van der Waals surface area contributed by atoms with Gasteiger partial charge in [-0.1, -0.05) is 42.5 Å². The molecule has 4 nitrogen and oxygen atoms in total. The average molecular weight is 383 g/mol. The van der Waals surface area contributed by atoms with E-state index in [0.717, 1.165) is 22.4 Å². The summed E-state index contributed by atoms with van der Waals surface area (Å²) >= 11 is 7.22. The molecule has 0 saturated carbocycles. The standard InChI is InChI=1S/C20H15ClN2O2S/c21-10-17-22-19(24)18-16(12-26-20(18)23-17)14-6-8-15(9-7-14)25-11-13-4-2-1-3-5-13/h1-9,12H,10-11H2,(H,22,23,24). The van der Waals surface area contributed by atoms with Gasteiger partial charge in [-0.3, -0.25) is 4.79 Å². The van der Waals surface area contributed by atoms with E-state index in [4.69, 9.17) is 16.3 Å². The van der Waals surface area contributed by atoms with Gasteiger partial charge in [0.05, 0.1) is 11.3 Å². The molecule has 0 unspecified atom stereocenters. The van der Waals surface area contributed by atoms with E-state index in [1.54, 1.807) is 0 Å². The number of thiophene rings is 1. The second kappa shape index (κ2) is 7.32. The summed E-state index contributed by atoms with van der Waals surface area (Å²) in [6.07, 6.45) is 0. The number of ether oxygens (including phenoxy) is 1. The molecule has 0 aliphatic rings. The molecule has 0 bridgehead atoms. The van der Waals surface area contributed by atoms with Gasteiger partial charge < -0.3 is 9.72 Å². The van der Waals surface area contributed by atoms with Crippen LogP contribution in [0.5, 0.6) is 5.75 Å². The molecular formula is C20H15ClN2O2S. The maximum atomic E-state index is 12.4. The van der Waals surface area contributed by atoms with Crippen molar-refractivity contribution in [3.05, 3.63) is 81.7 Å². The molecule has 1 N–H and O–H groups in total. The van der Waals surface area contributed by atoms with E-state index in [0.29, 0.717) is 22.6 Å². The lowest BCUT2D eigenvalue weighted by atomic mass is 10.1. The van der Waals surface area contributed by atoms with E-state index in [1.165, 1.54) is 11.3 Å². The summed E-state index contributed by atoms with van der Waals surface area (Å²) in [6, 6.07) is 17.8. The van der Waals surface area contributed by atoms with Crippen LogP contribution in [0.4, 0.5) is 0 Å². The molecule has 0 saturated heterocycles. The molecule has 0 spiro atoms. The molecule has 4 rings (SSSR count). The van der Waals surface area contributed by atoms with Crippen molar-refractivity contribution in [2.45, 2.75) is 12.5 Å². The van der Waals surface area contributed by atoms with Gasteiger partial charge in [0.2, 0.25) is 0 Å². The lowest BCUT2D eigenvalue weighted by Gasteiger charge is -2.07. The van der Waals surface area contributed by atoms with E-state index < -0.39 is 0 Å². The minimum atomic E-state index is -0.161. The Morgan fingerprint density at radius 3 is 2.58 bits per heavy atom. The summed E-state index contributed by atoms with van der Waals surface area (Å²) in [6.45, 7) is 0.520. The third-order valence-electron chi connectivity index (χ3n) is 4.03. The molecule has 26 heavy (non-hydrogen) atoms. The fraction of sp³-hybridized carbons (Fsp3) is 0.100. The molecule has 2 heterocycles. The van der Waals surface area contributed by atoms with Crippen molar-refractivity contribution in [1.82, 2.24) is 9.97 Å². The summed E-state index contributed by atoms with van der Waals surface area (Å²) in [7, 11) is 0. The van der Waals surface area contributed by atoms with Crippen molar-refractivity contribution in [3.63, 3.8) is 0 Å². The number of aromatic amines is 1. The van der Waals surface area contributed by atoms with Crippen molar-refractivity contribution >= 4 is 33.2 Å². The largest absolute Gasteiger partial charge is 0.489 e. The Bertz CT molecular complexity index is 1090. The van der Waals surface area contributed by atoms with Crippen LogP contribution in [0.2, 0.25) is 0 Å². The first kappa shape index (κ1) is 16.8. The van der Waals surface area contributed by atoms with Gasteiger partial charge in [0.25, 0.3) is 5.56 Å². The number of alkyl halides is 1. The molecule has 2 aromatic heterocycles. The molecule has 0 aliphatic heterocycles. The Labute approximate surface area is 159 Å². The number of nitrogens with one attached hydrogen (secondary N) is 1. The topological polar surface area (TPSA) is 55.0 Å². The Morgan fingerprint density at radius 2 is 1.85 bits per heavy atom. The number of H-pyrrole nitrogens is 1. The van der Waals surface area contributed by atoms with E-state index >= 15 is 0 Å². The quantitative estimate of drug-likeness (QED) is 0.496. The van der Waals surface area contributed by atoms with E-state index in [9.17, 15) is 4.79 Å². The summed E-state index contributed by atoms with van der Waals surface area (Å²) in [5.41, 5.74) is 2.78. The van der Waals surface area contributed by atoms with Gasteiger partial charge in [0.1, 0.15) is 23.0 Å². The molecule has 0 fully saturated rings. The molecule has 6 heteroatoms. The highest BCUT2D eigenvalue weighted by Crippen LogP contribution is 2.31. The Balaban J connectivity index is 1.59. The lowest BCUT2D eigenvalue weighted by molar-refractivity contribution is 0.306. The van der Waals surface area contributed by atoms with Crippen LogP contribution in [0.3, 0.4) is 0 Å². The highest BCUT2D eigenvalue weighted by Gasteiger charge is 2.12. The number of hydrogen-bond donors (Lipinski definition) is 1. The predicted octanol–water partition coefficient (Wildman–Crippen LogP) is 4.97. The fourth-order valence-corrected chi connectivity index (χ4v) is 3.83. The van der Waals surface area contributed by atoms with Gasteiger partial charge in [0, 0.05) is 10.9 Å². The van der Waals surface area contributed by atoms with Crippen LogP contribution in [0, 0.1) is 0 Å². The van der Waals surface area contributed by atoms with Gasteiger partial charge in [-0.05, 0) is 23.3 Å². The van der Waals surface area contributed by atoms with E-state index in [2.05, 4.69) is 9.97 Å². The second-order valence-electron chi connectivity index (χ2n) is 5.77. The highest BCUT2D eigenvalue weighted by atomic mass is 35.5. The van der Waals surface area contributed by atoms with Crippen molar-refractivity contribution in [2.24, 2.45) is 0 Å². The molecule has 0 aliphatic carbocycles. The molecule has 4 aromatic rings. The number of benzene rings is 2. The number of aromatic nitrogens is 2. The zero-order valence-corrected chi connectivity index (χ0v) is 15.3. The number of fused-ring (bicyclic) bond motifs is 1. The van der Waals surface area contributed by atoms with Crippen LogP contribution >= 0.6 is 22.9 Å². The molecular weight excluding hydrogens is 368 g/mol. The van der Waals surface area contributed by atoms with Gasteiger partial charge in [-0.2, -0.15) is 0 Å². The van der Waals surface area contributed by atoms with Crippen molar-refractivity contribution in [1.29, 1.82) is 0 Å². The first-order valence-electron chi connectivity index (χ1n) is 8.08. The first-order valence-corrected chi connectivity index (χ1v) is 9.49. The number of nitrogens with zero attached hydrogens (tertiary/aromatic N) is 1. The predicted molar refractivity (Wildman–Crippen MR) is 106 cm³/mol. The van der Waals surface area contributed by atoms with Crippen LogP contribution in [-0.4, -0.2) is 9.97 Å². The Morgan fingerprint density at radius 1 is 1.08 bits per heavy atom. The number of halogens is 1. The molecule has 0 radical (unpaired) electrons. The summed E-state index contributed by atoms with van der Waals surface area (Å²) in [5.74, 6) is 1.46. The zero-order valence-electron chi connectivity index (χ0n) is 13.7. The lowest BCUT2D eigenvalue weighted by Crippen LogP contribution is -2.10. The monoisotopic (exact) mass is 382 g/mol. The van der Waals surface area contributed by atoms with E-state index in [1.807, 2.05) is 60.0 Å². The normalized spacial score (nSPS) is 11.0. The minimum Gasteiger partial charge on any atom is -0.489 e. The maximum Gasteiger partial charge on any atom is 0.260 e. The van der Waals surface area contributed by atoms with E-state index in [-0.39, 0.29) is 11.4 Å². The van der Waals surface area contributed by atoms with Crippen LogP contribution in [0.25, 0.3) is 21.3 Å². The van der Waals surface area contributed by atoms with Crippen LogP contribution < -0.4 is 10.3 Å². The maximum absolute atomic E-state index is 12.4. The Hall–Kier alpha value is -2.63. The Kier molecular flexibility index (Phi) is 4.73. The van der Waals surface area contributed by atoms with Crippen LogP contribution in [0.1, 0.15) is 11.4 Å². The van der Waals surface area contributed by atoms with Crippen LogP contribution in [-0.2, 0) is 12.5 Å². The molecule has 2 aromatic carbocycles. The first-order chi connectivity index (χ1) is 12.7. The van der Waals surface area contributed by atoms with Gasteiger partial charge in [0.15, 0.2) is 0 Å². The third-order valence-corrected chi connectivity index (χ3v) is 5.16. The van der Waals surface area contributed by atoms with Gasteiger partial charge >= 0.3 is 0 Å². The average Bonchev–Trinajstić information content (AvgIpc) is 3.12. The summed E-state index contributed by atoms with van der Waals surface area (Å²) < 4.78 is 5.81. The van der Waals surface area contributed by atoms with Gasteiger partial charge in [-0.15, -0.1) is 22.9 Å².